The van der Waals surface area contributed by atoms with Crippen LogP contribution in [0.15, 0.2) is 0 Å². The first-order valence-corrected chi connectivity index (χ1v) is 20.4. The van der Waals surface area contributed by atoms with E-state index in [1.807, 2.05) is 4.90 Å². The van der Waals surface area contributed by atoms with Crippen molar-refractivity contribution >= 4 is 11.8 Å². The minimum atomic E-state index is -0.328. The van der Waals surface area contributed by atoms with Crippen LogP contribution in [0.25, 0.3) is 0 Å². The molecule has 4 aliphatic carbocycles. The van der Waals surface area contributed by atoms with Gasteiger partial charge in [0.2, 0.25) is 11.8 Å². The molecule has 1 unspecified atom stereocenters. The van der Waals surface area contributed by atoms with Crippen molar-refractivity contribution in [3.63, 3.8) is 0 Å². The average molecular weight is 667 g/mol. The molecule has 4 heterocycles. The summed E-state index contributed by atoms with van der Waals surface area (Å²) in [6.07, 6.45) is 15.2. The van der Waals surface area contributed by atoms with E-state index in [1.165, 1.54) is 70.9 Å². The highest BCUT2D eigenvalue weighted by atomic mass is 16.7. The van der Waals surface area contributed by atoms with Crippen molar-refractivity contribution < 1.29 is 19.1 Å². The molecule has 4 saturated carbocycles. The fraction of sp³-hybridized carbons (Fsp3) is 0.950. The molecule has 4 saturated heterocycles. The summed E-state index contributed by atoms with van der Waals surface area (Å²) in [4.78, 5) is 33.2. The van der Waals surface area contributed by atoms with Gasteiger partial charge in [-0.25, -0.2) is 0 Å². The number of fused-ring (bicyclic) bond motifs is 7. The molecule has 8 fully saturated rings. The number of carbonyl (C=O) groups is 2. The Balaban J connectivity index is 0.820. The van der Waals surface area contributed by atoms with Crippen LogP contribution in [0.3, 0.4) is 0 Å². The molecule has 1 N–H and O–H groups in total. The van der Waals surface area contributed by atoms with Crippen molar-refractivity contribution in [2.45, 2.75) is 129 Å². The van der Waals surface area contributed by atoms with Crippen molar-refractivity contribution in [3.05, 3.63) is 0 Å². The lowest BCUT2D eigenvalue weighted by molar-refractivity contribution is -0.273. The van der Waals surface area contributed by atoms with E-state index in [9.17, 15) is 9.59 Å². The number of likely N-dealkylation sites (tertiary alicyclic amines) is 1. The SMILES string of the molecule is C[C@H]1CC[C@@]2(OC1)O[C@H]1C[C@H]3[C@@H]4CC[C@@H]5CC(NC(=O)CC(=O)N6CCN(CCN7CCCC7)CC6)CC[C@]5(C)[C@H]4CC[C@]3(C)[C@H]1[C@@H]2C. The van der Waals surface area contributed by atoms with Crippen molar-refractivity contribution in [3.8, 4) is 0 Å². The number of hydrogen-bond donors (Lipinski definition) is 1. The Kier molecular flexibility index (Phi) is 9.24. The van der Waals surface area contributed by atoms with Crippen molar-refractivity contribution in [1.82, 2.24) is 20.0 Å². The van der Waals surface area contributed by atoms with E-state index < -0.39 is 0 Å². The molecule has 0 aromatic heterocycles. The standard InChI is InChI=1S/C40H66N4O4/c1-27-9-14-40(47-26-27)28(2)37-34(48-40)24-33-31-8-7-29-23-30(10-12-38(29,3)32(31)11-13-39(33,37)4)41-35(45)25-36(46)44-21-19-43(20-22-44)18-17-42-15-5-6-16-42/h27-34,37H,5-26H2,1-4H3,(H,41,45)/t27-,28-,29+,30?,31+,32-,33-,34-,37-,38-,39-,40+/m0/s1. The molecule has 0 bridgehead atoms. The van der Waals surface area contributed by atoms with E-state index in [4.69, 9.17) is 9.47 Å². The topological polar surface area (TPSA) is 74.3 Å². The Labute approximate surface area is 290 Å². The second-order valence-corrected chi connectivity index (χ2v) is 18.7. The maximum absolute atomic E-state index is 13.2. The van der Waals surface area contributed by atoms with E-state index in [0.29, 0.717) is 40.6 Å². The summed E-state index contributed by atoms with van der Waals surface area (Å²) in [5.74, 6) is 4.40. The number of hydrogen-bond acceptors (Lipinski definition) is 6. The molecule has 2 amide bonds. The van der Waals surface area contributed by atoms with Crippen LogP contribution in [-0.4, -0.2) is 103 Å². The van der Waals surface area contributed by atoms with Gasteiger partial charge in [-0.2, -0.15) is 0 Å². The highest BCUT2D eigenvalue weighted by Crippen LogP contribution is 2.71. The molecular weight excluding hydrogens is 600 g/mol. The van der Waals surface area contributed by atoms with Crippen LogP contribution in [0.1, 0.15) is 111 Å². The van der Waals surface area contributed by atoms with Gasteiger partial charge >= 0.3 is 0 Å². The summed E-state index contributed by atoms with van der Waals surface area (Å²) >= 11 is 0. The summed E-state index contributed by atoms with van der Waals surface area (Å²) in [7, 11) is 0. The van der Waals surface area contributed by atoms with Gasteiger partial charge < -0.3 is 24.6 Å². The number of amides is 2. The van der Waals surface area contributed by atoms with E-state index in [1.54, 1.807) is 0 Å². The third-order valence-electron chi connectivity index (χ3n) is 16.3. The smallest absolute Gasteiger partial charge is 0.232 e. The van der Waals surface area contributed by atoms with Gasteiger partial charge in [0.05, 0.1) is 12.7 Å². The molecule has 8 nitrogen and oxygen atoms in total. The number of carbonyl (C=O) groups excluding carboxylic acids is 2. The maximum Gasteiger partial charge on any atom is 0.232 e. The van der Waals surface area contributed by atoms with Crippen molar-refractivity contribution in [2.24, 2.45) is 52.3 Å². The van der Waals surface area contributed by atoms with E-state index in [-0.39, 0.29) is 30.1 Å². The Bertz CT molecular complexity index is 1190. The molecule has 4 aliphatic heterocycles. The minimum absolute atomic E-state index is 0.00531. The normalized spacial score (nSPS) is 47.8. The van der Waals surface area contributed by atoms with Gasteiger partial charge in [-0.15, -0.1) is 0 Å². The number of ether oxygens (including phenoxy) is 2. The van der Waals surface area contributed by atoms with Gasteiger partial charge in [0.15, 0.2) is 5.79 Å². The lowest BCUT2D eigenvalue weighted by Crippen LogP contribution is -2.56. The van der Waals surface area contributed by atoms with E-state index in [2.05, 4.69) is 42.8 Å². The molecule has 48 heavy (non-hydrogen) atoms. The van der Waals surface area contributed by atoms with Crippen LogP contribution in [0.5, 0.6) is 0 Å². The van der Waals surface area contributed by atoms with Crippen LogP contribution < -0.4 is 5.32 Å². The third kappa shape index (κ3) is 5.88. The van der Waals surface area contributed by atoms with Crippen molar-refractivity contribution in [2.75, 3.05) is 59.0 Å². The molecule has 1 spiro atoms. The number of nitrogens with one attached hydrogen (secondary N) is 1. The first-order valence-electron chi connectivity index (χ1n) is 20.4. The lowest BCUT2D eigenvalue weighted by atomic mass is 9.44. The van der Waals surface area contributed by atoms with Gasteiger partial charge in [-0.3, -0.25) is 14.5 Å². The van der Waals surface area contributed by atoms with Gasteiger partial charge in [0, 0.05) is 57.6 Å². The molecular formula is C40H66N4O4. The third-order valence-corrected chi connectivity index (χ3v) is 16.3. The molecule has 0 aromatic carbocycles. The summed E-state index contributed by atoms with van der Waals surface area (Å²) < 4.78 is 13.5. The molecule has 8 rings (SSSR count). The first-order chi connectivity index (χ1) is 23.1. The largest absolute Gasteiger partial charge is 0.353 e. The van der Waals surface area contributed by atoms with Gasteiger partial charge in [-0.1, -0.05) is 27.7 Å². The number of piperazine rings is 1. The zero-order valence-corrected chi connectivity index (χ0v) is 30.7. The highest BCUT2D eigenvalue weighted by molar-refractivity contribution is 5.97. The molecule has 12 atom stereocenters. The van der Waals surface area contributed by atoms with Crippen molar-refractivity contribution in [1.29, 1.82) is 0 Å². The Morgan fingerprint density at radius 2 is 1.52 bits per heavy atom. The fourth-order valence-corrected chi connectivity index (χ4v) is 13.4. The van der Waals surface area contributed by atoms with Crippen LogP contribution >= 0.6 is 0 Å². The summed E-state index contributed by atoms with van der Waals surface area (Å²) in [5.41, 5.74) is 0.728. The average Bonchev–Trinajstić information content (AvgIpc) is 3.77. The maximum atomic E-state index is 13.2. The quantitative estimate of drug-likeness (QED) is 0.375. The predicted octanol–water partition coefficient (Wildman–Crippen LogP) is 5.55. The van der Waals surface area contributed by atoms with E-state index >= 15 is 0 Å². The van der Waals surface area contributed by atoms with Gasteiger partial charge in [0.25, 0.3) is 0 Å². The summed E-state index contributed by atoms with van der Waals surface area (Å²) in [6, 6.07) is 0.214. The van der Waals surface area contributed by atoms with Crippen LogP contribution in [-0.2, 0) is 19.1 Å². The van der Waals surface area contributed by atoms with Crippen LogP contribution in [0.4, 0.5) is 0 Å². The van der Waals surface area contributed by atoms with Crippen LogP contribution in [0, 0.1) is 52.3 Å². The Hall–Kier alpha value is -1.22. The second-order valence-electron chi connectivity index (χ2n) is 18.7. The summed E-state index contributed by atoms with van der Waals surface area (Å²) in [6.45, 7) is 18.9. The Morgan fingerprint density at radius 3 is 2.25 bits per heavy atom. The Morgan fingerprint density at radius 1 is 0.792 bits per heavy atom. The lowest BCUT2D eigenvalue weighted by Gasteiger charge is -2.61. The highest BCUT2D eigenvalue weighted by Gasteiger charge is 2.69. The van der Waals surface area contributed by atoms with Crippen LogP contribution in [0.2, 0.25) is 0 Å². The second kappa shape index (κ2) is 13.1. The minimum Gasteiger partial charge on any atom is -0.353 e. The molecule has 8 aliphatic rings. The monoisotopic (exact) mass is 667 g/mol. The number of rotatable bonds is 6. The molecule has 0 aromatic rings. The fourth-order valence-electron chi connectivity index (χ4n) is 13.4. The summed E-state index contributed by atoms with van der Waals surface area (Å²) in [5, 5.41) is 3.35. The molecule has 0 radical (unpaired) electrons. The zero-order chi connectivity index (χ0) is 33.3. The van der Waals surface area contributed by atoms with Gasteiger partial charge in [-0.05, 0) is 130 Å². The zero-order valence-electron chi connectivity index (χ0n) is 30.7. The van der Waals surface area contributed by atoms with Gasteiger partial charge in [0.1, 0.15) is 6.42 Å². The molecule has 8 heteroatoms. The first kappa shape index (κ1) is 33.9. The number of nitrogens with zero attached hydrogens (tertiary/aromatic N) is 3. The predicted molar refractivity (Wildman–Crippen MR) is 187 cm³/mol. The van der Waals surface area contributed by atoms with E-state index in [0.717, 1.165) is 82.9 Å². The molecule has 270 valence electrons.